The van der Waals surface area contributed by atoms with Crippen molar-refractivity contribution in [2.75, 3.05) is 0 Å². The second kappa shape index (κ2) is 2.05. The minimum absolute atomic E-state index is 1.14. The van der Waals surface area contributed by atoms with E-state index in [1.54, 1.807) is 0 Å². The number of carbonyl (C=O) groups is 2. The predicted molar refractivity (Wildman–Crippen MR) is 29.1 cm³/mol. The highest BCUT2D eigenvalue weighted by Gasteiger charge is 2.35. The van der Waals surface area contributed by atoms with Gasteiger partial charge in [-0.25, -0.2) is 0 Å². The molecule has 0 amide bonds. The average molecular weight is 134 g/mol. The Hall–Kier alpha value is -1.06. The zero-order valence-corrected chi connectivity index (χ0v) is 5.21. The largest absolute Gasteiger partial charge is 0.480 e. The van der Waals surface area contributed by atoms with Gasteiger partial charge in [0.05, 0.1) is 0 Å². The lowest BCUT2D eigenvalue weighted by atomic mass is 10.1. The summed E-state index contributed by atoms with van der Waals surface area (Å²) in [5.41, 5.74) is -1.67. The first-order valence-electron chi connectivity index (χ1n) is 2.36. The van der Waals surface area contributed by atoms with Crippen molar-refractivity contribution in [2.45, 2.75) is 13.8 Å². The summed E-state index contributed by atoms with van der Waals surface area (Å²) >= 11 is 0. The van der Waals surface area contributed by atoms with Crippen LogP contribution in [0, 0.1) is 5.41 Å². The second-order valence-electron chi connectivity index (χ2n) is 2.24. The Bertz CT molecular complexity index is 131. The smallest absolute Gasteiger partial charge is 0.320 e. The van der Waals surface area contributed by atoms with Crippen molar-refractivity contribution < 1.29 is 19.8 Å². The third-order valence-corrected chi connectivity index (χ3v) is 1.07. The standard InChI is InChI=1S/C5H8O4/c1-5(2,3(6)7)4(8)9/h1-2H3,(H,6,7)(H,8,9)/i1+2. The van der Waals surface area contributed by atoms with E-state index in [0.29, 0.717) is 0 Å². The number of carboxylic acids is 2. The van der Waals surface area contributed by atoms with E-state index < -0.39 is 17.4 Å². The first-order chi connectivity index (χ1) is 3.89. The molecule has 4 nitrogen and oxygen atoms in total. The molecule has 0 aliphatic heterocycles. The lowest BCUT2D eigenvalue weighted by molar-refractivity contribution is -0.161. The van der Waals surface area contributed by atoms with Crippen LogP contribution >= 0.6 is 0 Å². The van der Waals surface area contributed by atoms with Gasteiger partial charge in [0.15, 0.2) is 5.41 Å². The monoisotopic (exact) mass is 134 g/mol. The molecule has 0 bridgehead atoms. The first-order valence-corrected chi connectivity index (χ1v) is 2.36. The Balaban J connectivity index is 4.38. The Morgan fingerprint density at radius 1 is 1.33 bits per heavy atom. The molecule has 0 unspecified atom stereocenters. The van der Waals surface area contributed by atoms with Crippen LogP contribution in [0.1, 0.15) is 13.8 Å². The average Bonchev–Trinajstić information content (AvgIpc) is 1.65. The predicted octanol–water partition coefficient (Wildman–Crippen LogP) is 0.182. The van der Waals surface area contributed by atoms with Crippen LogP contribution in [0.2, 0.25) is 0 Å². The lowest BCUT2D eigenvalue weighted by Gasteiger charge is -2.10. The Labute approximate surface area is 52.1 Å². The number of hydrogen-bond acceptors (Lipinski definition) is 2. The molecule has 0 atom stereocenters. The summed E-state index contributed by atoms with van der Waals surface area (Å²) in [5.74, 6) is -2.65. The van der Waals surface area contributed by atoms with Gasteiger partial charge in [0.2, 0.25) is 0 Å². The minimum Gasteiger partial charge on any atom is -0.480 e. The molecule has 4 heteroatoms. The summed E-state index contributed by atoms with van der Waals surface area (Å²) < 4.78 is 0. The second-order valence-corrected chi connectivity index (χ2v) is 2.24. The number of carboxylic acid groups (broad SMARTS) is 2. The van der Waals surface area contributed by atoms with Gasteiger partial charge in [-0.3, -0.25) is 9.59 Å². The normalized spacial score (nSPS) is 10.9. The van der Waals surface area contributed by atoms with E-state index in [1.165, 1.54) is 0 Å². The molecule has 0 fully saturated rings. The minimum atomic E-state index is -1.67. The molecule has 9 heavy (non-hydrogen) atoms. The summed E-state index contributed by atoms with van der Waals surface area (Å²) in [5, 5.41) is 16.5. The van der Waals surface area contributed by atoms with Crippen LogP contribution in [0.5, 0.6) is 0 Å². The summed E-state index contributed by atoms with van der Waals surface area (Å²) in [6.07, 6.45) is 0. The molecular weight excluding hydrogens is 126 g/mol. The fourth-order valence-corrected chi connectivity index (χ4v) is 0.0915. The highest BCUT2D eigenvalue weighted by atomic mass is 16.4. The van der Waals surface area contributed by atoms with Gasteiger partial charge in [0.1, 0.15) is 0 Å². The third-order valence-electron chi connectivity index (χ3n) is 1.07. The topological polar surface area (TPSA) is 74.6 Å². The van der Waals surface area contributed by atoms with Crippen molar-refractivity contribution in [3.63, 3.8) is 0 Å². The Morgan fingerprint density at radius 2 is 1.56 bits per heavy atom. The van der Waals surface area contributed by atoms with E-state index in [9.17, 15) is 9.59 Å². The molecule has 0 radical (unpaired) electrons. The third kappa shape index (κ3) is 1.42. The van der Waals surface area contributed by atoms with E-state index in [4.69, 9.17) is 10.2 Å². The SMILES string of the molecule is CC([14CH3])(C(=O)O)C(=O)O. The van der Waals surface area contributed by atoms with E-state index in [-0.39, 0.29) is 0 Å². The summed E-state index contributed by atoms with van der Waals surface area (Å²) in [7, 11) is 0. The highest BCUT2D eigenvalue weighted by Crippen LogP contribution is 2.13. The molecule has 0 aliphatic rings. The van der Waals surface area contributed by atoms with E-state index in [1.807, 2.05) is 0 Å². The van der Waals surface area contributed by atoms with E-state index in [0.717, 1.165) is 13.8 Å². The molecule has 52 valence electrons. The van der Waals surface area contributed by atoms with Gasteiger partial charge in [0.25, 0.3) is 0 Å². The van der Waals surface area contributed by atoms with Crippen molar-refractivity contribution in [3.05, 3.63) is 0 Å². The molecule has 0 aromatic heterocycles. The number of aliphatic carboxylic acids is 2. The van der Waals surface area contributed by atoms with Crippen molar-refractivity contribution in [3.8, 4) is 0 Å². The van der Waals surface area contributed by atoms with Crippen LogP contribution in [0.3, 0.4) is 0 Å². The molecule has 2 N–H and O–H groups in total. The fraction of sp³-hybridized carbons (Fsp3) is 0.600. The van der Waals surface area contributed by atoms with Gasteiger partial charge >= 0.3 is 11.9 Å². The Morgan fingerprint density at radius 3 is 1.56 bits per heavy atom. The van der Waals surface area contributed by atoms with Crippen molar-refractivity contribution in [2.24, 2.45) is 5.41 Å². The van der Waals surface area contributed by atoms with Crippen LogP contribution in [0.4, 0.5) is 0 Å². The van der Waals surface area contributed by atoms with Crippen LogP contribution in [0.25, 0.3) is 0 Å². The molecular formula is C5H8O4. The van der Waals surface area contributed by atoms with Crippen LogP contribution in [-0.2, 0) is 9.59 Å². The van der Waals surface area contributed by atoms with Gasteiger partial charge in [-0.1, -0.05) is 0 Å². The molecule has 0 spiro atoms. The van der Waals surface area contributed by atoms with E-state index in [2.05, 4.69) is 0 Å². The van der Waals surface area contributed by atoms with Gasteiger partial charge in [-0.05, 0) is 13.8 Å². The molecule has 0 saturated heterocycles. The fourth-order valence-electron chi connectivity index (χ4n) is 0.0915. The molecule has 0 aliphatic carbocycles. The molecule has 0 aromatic carbocycles. The van der Waals surface area contributed by atoms with Crippen LogP contribution in [-0.4, -0.2) is 22.2 Å². The lowest BCUT2D eigenvalue weighted by Crippen LogP contribution is -2.32. The van der Waals surface area contributed by atoms with Crippen molar-refractivity contribution >= 4 is 11.9 Å². The summed E-state index contributed by atoms with van der Waals surface area (Å²) in [6, 6.07) is 0. The van der Waals surface area contributed by atoms with Gasteiger partial charge < -0.3 is 10.2 Å². The number of rotatable bonds is 2. The molecule has 0 aromatic rings. The maximum absolute atomic E-state index is 10.1. The zero-order valence-electron chi connectivity index (χ0n) is 5.21. The molecule has 0 rings (SSSR count). The van der Waals surface area contributed by atoms with Crippen LogP contribution < -0.4 is 0 Å². The number of hydrogen-bond donors (Lipinski definition) is 2. The van der Waals surface area contributed by atoms with Gasteiger partial charge in [0, 0.05) is 0 Å². The van der Waals surface area contributed by atoms with E-state index >= 15 is 0 Å². The summed E-state index contributed by atoms with van der Waals surface area (Å²) in [6.45, 7) is 2.27. The quantitative estimate of drug-likeness (QED) is 0.528. The summed E-state index contributed by atoms with van der Waals surface area (Å²) in [4.78, 5) is 20.2. The van der Waals surface area contributed by atoms with Crippen molar-refractivity contribution in [1.82, 2.24) is 0 Å². The molecule has 0 heterocycles. The maximum atomic E-state index is 10.1. The van der Waals surface area contributed by atoms with Gasteiger partial charge in [-0.15, -0.1) is 0 Å². The maximum Gasteiger partial charge on any atom is 0.320 e. The van der Waals surface area contributed by atoms with Crippen molar-refractivity contribution in [1.29, 1.82) is 0 Å². The molecule has 0 saturated carbocycles. The highest BCUT2D eigenvalue weighted by molar-refractivity contribution is 5.97. The Kier molecular flexibility index (Phi) is 1.80. The van der Waals surface area contributed by atoms with Crippen LogP contribution in [0.15, 0.2) is 0 Å². The van der Waals surface area contributed by atoms with Gasteiger partial charge in [-0.2, -0.15) is 0 Å². The zero-order chi connectivity index (χ0) is 7.65. The first kappa shape index (κ1) is 7.94.